The predicted octanol–water partition coefficient (Wildman–Crippen LogP) is 3.63. The van der Waals surface area contributed by atoms with Gasteiger partial charge in [0.2, 0.25) is 5.91 Å². The number of hydrogen-bond acceptors (Lipinski definition) is 2. The largest absolute Gasteiger partial charge is 0.356 e. The van der Waals surface area contributed by atoms with Gasteiger partial charge in [0.1, 0.15) is 0 Å². The van der Waals surface area contributed by atoms with Gasteiger partial charge in [-0.05, 0) is 61.9 Å². The minimum atomic E-state index is 0. The Balaban J connectivity index is 0.00000176. The summed E-state index contributed by atoms with van der Waals surface area (Å²) in [4.78, 5) is 12.2. The Kier molecular flexibility index (Phi) is 6.39. The number of benzene rings is 1. The minimum absolute atomic E-state index is 0. The molecule has 1 aromatic rings. The fourth-order valence-corrected chi connectivity index (χ4v) is 3.38. The summed E-state index contributed by atoms with van der Waals surface area (Å²) in [5.41, 5.74) is 1.11. The van der Waals surface area contributed by atoms with E-state index in [-0.39, 0.29) is 24.2 Å². The van der Waals surface area contributed by atoms with Crippen molar-refractivity contribution in [3.63, 3.8) is 0 Å². The highest BCUT2D eigenvalue weighted by Gasteiger charge is 2.44. The molecule has 1 amide bonds. The van der Waals surface area contributed by atoms with Crippen LogP contribution in [0.5, 0.6) is 0 Å². The number of piperidine rings is 1. The van der Waals surface area contributed by atoms with Gasteiger partial charge < -0.3 is 10.6 Å². The minimum Gasteiger partial charge on any atom is -0.356 e. The van der Waals surface area contributed by atoms with E-state index in [0.717, 1.165) is 31.6 Å². The van der Waals surface area contributed by atoms with Gasteiger partial charge in [-0.1, -0.05) is 29.3 Å². The third-order valence-corrected chi connectivity index (χ3v) is 5.20. The highest BCUT2D eigenvalue weighted by atomic mass is 35.5. The molecule has 0 radical (unpaired) electrons. The molecule has 1 aromatic carbocycles. The van der Waals surface area contributed by atoms with Crippen LogP contribution in [0.2, 0.25) is 10.0 Å². The zero-order valence-electron chi connectivity index (χ0n) is 12.3. The van der Waals surface area contributed by atoms with E-state index in [2.05, 4.69) is 10.6 Å². The van der Waals surface area contributed by atoms with E-state index in [1.807, 2.05) is 12.1 Å². The van der Waals surface area contributed by atoms with E-state index in [0.29, 0.717) is 21.9 Å². The maximum absolute atomic E-state index is 12.2. The van der Waals surface area contributed by atoms with Crippen molar-refractivity contribution in [2.75, 3.05) is 19.6 Å². The van der Waals surface area contributed by atoms with Crippen molar-refractivity contribution in [2.24, 2.45) is 11.8 Å². The van der Waals surface area contributed by atoms with Crippen LogP contribution < -0.4 is 10.6 Å². The van der Waals surface area contributed by atoms with Crippen LogP contribution in [-0.4, -0.2) is 25.5 Å². The summed E-state index contributed by atoms with van der Waals surface area (Å²) in [6.45, 7) is 2.91. The van der Waals surface area contributed by atoms with Gasteiger partial charge in [-0.3, -0.25) is 4.79 Å². The van der Waals surface area contributed by atoms with Crippen molar-refractivity contribution in [1.29, 1.82) is 0 Å². The van der Waals surface area contributed by atoms with Crippen LogP contribution in [0.1, 0.15) is 30.7 Å². The van der Waals surface area contributed by atoms with E-state index >= 15 is 0 Å². The third kappa shape index (κ3) is 4.29. The van der Waals surface area contributed by atoms with Crippen LogP contribution in [0.25, 0.3) is 0 Å². The number of halogens is 3. The van der Waals surface area contributed by atoms with Crippen molar-refractivity contribution in [3.05, 3.63) is 33.8 Å². The Morgan fingerprint density at radius 2 is 2.14 bits per heavy atom. The average Bonchev–Trinajstić information content (AvgIpc) is 3.29. The molecule has 1 aliphatic heterocycles. The molecule has 1 saturated heterocycles. The molecule has 3 unspecified atom stereocenters. The van der Waals surface area contributed by atoms with E-state index < -0.39 is 0 Å². The number of rotatable bonds is 4. The molecule has 0 spiro atoms. The van der Waals surface area contributed by atoms with Crippen molar-refractivity contribution in [3.8, 4) is 0 Å². The third-order valence-electron chi connectivity index (χ3n) is 4.46. The molecule has 2 aliphatic rings. The van der Waals surface area contributed by atoms with Gasteiger partial charge in [0.25, 0.3) is 0 Å². The van der Waals surface area contributed by atoms with Crippen molar-refractivity contribution < 1.29 is 4.79 Å². The lowest BCUT2D eigenvalue weighted by Gasteiger charge is -2.22. The number of carbonyl (C=O) groups excluding carboxylic acids is 1. The summed E-state index contributed by atoms with van der Waals surface area (Å²) in [7, 11) is 0. The SMILES string of the molecule is Cl.O=C(NCC1CCCNC1)C1CC1c1ccc(Cl)c(Cl)c1. The first kappa shape index (κ1) is 17.9. The maximum atomic E-state index is 12.2. The first-order chi connectivity index (χ1) is 10.1. The Bertz CT molecular complexity index is 532. The molecule has 6 heteroatoms. The van der Waals surface area contributed by atoms with E-state index in [1.165, 1.54) is 12.8 Å². The normalized spacial score (nSPS) is 26.9. The molecule has 3 atom stereocenters. The zero-order valence-corrected chi connectivity index (χ0v) is 14.6. The molecule has 122 valence electrons. The molecule has 3 nitrogen and oxygen atoms in total. The summed E-state index contributed by atoms with van der Waals surface area (Å²) in [6.07, 6.45) is 3.32. The van der Waals surface area contributed by atoms with Gasteiger partial charge in [-0.15, -0.1) is 12.4 Å². The topological polar surface area (TPSA) is 41.1 Å². The number of hydrogen-bond donors (Lipinski definition) is 2. The molecule has 2 fully saturated rings. The zero-order chi connectivity index (χ0) is 14.8. The quantitative estimate of drug-likeness (QED) is 0.857. The lowest BCUT2D eigenvalue weighted by molar-refractivity contribution is -0.122. The Morgan fingerprint density at radius 1 is 1.32 bits per heavy atom. The van der Waals surface area contributed by atoms with Crippen molar-refractivity contribution in [2.45, 2.75) is 25.2 Å². The lowest BCUT2D eigenvalue weighted by atomic mass is 9.99. The molecule has 3 rings (SSSR count). The van der Waals surface area contributed by atoms with Crippen LogP contribution >= 0.6 is 35.6 Å². The van der Waals surface area contributed by atoms with Crippen LogP contribution in [0.15, 0.2) is 18.2 Å². The molecule has 0 bridgehead atoms. The molecule has 0 aromatic heterocycles. The van der Waals surface area contributed by atoms with Gasteiger partial charge in [0, 0.05) is 12.5 Å². The number of nitrogens with one attached hydrogen (secondary N) is 2. The predicted molar refractivity (Wildman–Crippen MR) is 93.2 cm³/mol. The fourth-order valence-electron chi connectivity index (χ4n) is 3.07. The Morgan fingerprint density at radius 3 is 2.82 bits per heavy atom. The van der Waals surface area contributed by atoms with E-state index in [1.54, 1.807) is 6.07 Å². The van der Waals surface area contributed by atoms with E-state index in [9.17, 15) is 4.79 Å². The van der Waals surface area contributed by atoms with Gasteiger partial charge in [-0.25, -0.2) is 0 Å². The van der Waals surface area contributed by atoms with Gasteiger partial charge in [0.15, 0.2) is 0 Å². The molecule has 1 aliphatic carbocycles. The monoisotopic (exact) mass is 362 g/mol. The summed E-state index contributed by atoms with van der Waals surface area (Å²) in [5, 5.41) is 7.60. The highest BCUT2D eigenvalue weighted by molar-refractivity contribution is 6.42. The molecule has 2 N–H and O–H groups in total. The summed E-state index contributed by atoms with van der Waals surface area (Å²) in [5.74, 6) is 1.14. The second-order valence-corrected chi connectivity index (χ2v) is 6.89. The number of carbonyl (C=O) groups is 1. The molecule has 22 heavy (non-hydrogen) atoms. The fraction of sp³-hybridized carbons (Fsp3) is 0.562. The molecule has 1 heterocycles. The van der Waals surface area contributed by atoms with E-state index in [4.69, 9.17) is 23.2 Å². The lowest BCUT2D eigenvalue weighted by Crippen LogP contribution is -2.38. The molecular weight excluding hydrogens is 343 g/mol. The highest BCUT2D eigenvalue weighted by Crippen LogP contribution is 2.48. The number of amides is 1. The standard InChI is InChI=1S/C16H20Cl2N2O.ClH/c17-14-4-3-11(6-15(14)18)12-7-13(12)16(21)20-9-10-2-1-5-19-8-10;/h3-4,6,10,12-13,19H,1-2,5,7-9H2,(H,20,21);1H. The van der Waals surface area contributed by atoms with Crippen LogP contribution in [0.4, 0.5) is 0 Å². The summed E-state index contributed by atoms with van der Waals surface area (Å²) < 4.78 is 0. The Hall–Kier alpha value is -0.480. The second kappa shape index (κ2) is 7.87. The summed E-state index contributed by atoms with van der Waals surface area (Å²) >= 11 is 12.0. The average molecular weight is 364 g/mol. The second-order valence-electron chi connectivity index (χ2n) is 6.08. The summed E-state index contributed by atoms with van der Waals surface area (Å²) in [6, 6.07) is 5.66. The molecular formula is C16H21Cl3N2O. The first-order valence-corrected chi connectivity index (χ1v) is 8.34. The van der Waals surface area contributed by atoms with Gasteiger partial charge in [0.05, 0.1) is 10.0 Å². The maximum Gasteiger partial charge on any atom is 0.223 e. The van der Waals surface area contributed by atoms with Gasteiger partial charge in [-0.2, -0.15) is 0 Å². The van der Waals surface area contributed by atoms with Crippen LogP contribution in [-0.2, 0) is 4.79 Å². The smallest absolute Gasteiger partial charge is 0.223 e. The first-order valence-electron chi connectivity index (χ1n) is 7.58. The van der Waals surface area contributed by atoms with Crippen LogP contribution in [0.3, 0.4) is 0 Å². The van der Waals surface area contributed by atoms with Crippen molar-refractivity contribution in [1.82, 2.24) is 10.6 Å². The molecule has 1 saturated carbocycles. The van der Waals surface area contributed by atoms with Gasteiger partial charge >= 0.3 is 0 Å². The van der Waals surface area contributed by atoms with Crippen LogP contribution in [0, 0.1) is 11.8 Å². The van der Waals surface area contributed by atoms with Crippen molar-refractivity contribution >= 4 is 41.5 Å². The Labute approximate surface area is 147 Å².